The van der Waals surface area contributed by atoms with Gasteiger partial charge in [-0.3, -0.25) is 29.6 Å². The molecule has 2 fully saturated rings. The van der Waals surface area contributed by atoms with Gasteiger partial charge in [-0.25, -0.2) is 4.90 Å². The maximum absolute atomic E-state index is 13.9. The zero-order chi connectivity index (χ0) is 30.8. The largest absolute Gasteiger partial charge is 0.505 e. The predicted octanol–water partition coefficient (Wildman–Crippen LogP) is 4.42. The van der Waals surface area contributed by atoms with E-state index < -0.39 is 11.9 Å². The topological polar surface area (TPSA) is 126 Å². The maximum Gasteiger partial charge on any atom is 0.317 e. The fourth-order valence-corrected chi connectivity index (χ4v) is 6.05. The summed E-state index contributed by atoms with van der Waals surface area (Å²) in [4.78, 5) is 44.2. The molecule has 0 radical (unpaired) electrons. The molecule has 0 spiro atoms. The monoisotopic (exact) mass is 587 g/mol. The summed E-state index contributed by atoms with van der Waals surface area (Å²) in [7, 11) is 0. The summed E-state index contributed by atoms with van der Waals surface area (Å²) in [5.41, 5.74) is 7.81. The number of hydrogen-bond acceptors (Lipinski definition) is 8. The Hall–Kier alpha value is -4.02. The summed E-state index contributed by atoms with van der Waals surface area (Å²) in [6.45, 7) is 10.3. The van der Waals surface area contributed by atoms with Crippen molar-refractivity contribution in [3.8, 4) is 5.75 Å². The first kappa shape index (κ1) is 30.4. The molecule has 0 atom stereocenters. The molecule has 3 aliphatic rings. The number of aryl methyl sites for hydroxylation is 2. The number of likely N-dealkylation sites (tertiary alicyclic amines) is 1. The lowest BCUT2D eigenvalue weighted by Crippen LogP contribution is -2.49. The highest BCUT2D eigenvalue weighted by molar-refractivity contribution is 6.57. The molecule has 10 nitrogen and oxygen atoms in total. The number of para-hydroxylation sites is 1. The predicted molar refractivity (Wildman–Crippen MR) is 167 cm³/mol. The number of aromatic hydroxyl groups is 1. The number of amides is 2. The second-order valence-electron chi connectivity index (χ2n) is 11.9. The Bertz CT molecular complexity index is 1490. The van der Waals surface area contributed by atoms with Gasteiger partial charge in [0.25, 0.3) is 11.8 Å². The number of phenols is 1. The summed E-state index contributed by atoms with van der Waals surface area (Å²) in [6.07, 6.45) is 3.66. The van der Waals surface area contributed by atoms with E-state index in [-0.39, 0.29) is 29.8 Å². The van der Waals surface area contributed by atoms with E-state index in [2.05, 4.69) is 22.4 Å². The number of benzene rings is 2. The fraction of sp³-hybridized carbons (Fsp3) is 0.455. The molecule has 1 saturated carbocycles. The van der Waals surface area contributed by atoms with Crippen LogP contribution in [0.15, 0.2) is 52.6 Å². The standard InChI is InChI=1S/C33H41N5O5/c1-5-37(24-11-12-24)18-27-22(4)30(33(43)38(32(27)42)25-10-9-20(2)21(3)17-25)35-34-28-8-6-7-26(31(28)41)23-13-15-36(16-14-23)19-29(39)40/h6-10,17,23-24,34,41H,5,11-16,18-19H2,1-4H3,(H,39,40)/b35-30+. The molecular formula is C33H41N5O5. The highest BCUT2D eigenvalue weighted by Gasteiger charge is 2.40. The third-order valence-electron chi connectivity index (χ3n) is 9.00. The number of nitrogens with zero attached hydrogens (tertiary/aromatic N) is 4. The van der Waals surface area contributed by atoms with Gasteiger partial charge in [-0.1, -0.05) is 25.1 Å². The van der Waals surface area contributed by atoms with Crippen molar-refractivity contribution in [3.63, 3.8) is 0 Å². The van der Waals surface area contributed by atoms with Gasteiger partial charge in [-0.15, -0.1) is 0 Å². The highest BCUT2D eigenvalue weighted by atomic mass is 16.4. The number of likely N-dealkylation sites (N-methyl/N-ethyl adjacent to an activating group) is 1. The number of aliphatic carboxylic acids is 1. The van der Waals surface area contributed by atoms with Crippen LogP contribution in [0.2, 0.25) is 0 Å². The van der Waals surface area contributed by atoms with Crippen LogP contribution in [-0.2, 0) is 14.4 Å². The second kappa shape index (κ2) is 12.7. The van der Waals surface area contributed by atoms with Crippen molar-refractivity contribution in [2.45, 2.75) is 65.3 Å². The lowest BCUT2D eigenvalue weighted by Gasteiger charge is -2.32. The zero-order valence-electron chi connectivity index (χ0n) is 25.4. The minimum atomic E-state index is -0.843. The number of imide groups is 1. The van der Waals surface area contributed by atoms with E-state index in [0.29, 0.717) is 48.2 Å². The maximum atomic E-state index is 13.9. The Kier molecular flexibility index (Phi) is 8.98. The lowest BCUT2D eigenvalue weighted by molar-refractivity contribution is -0.138. The van der Waals surface area contributed by atoms with E-state index in [0.717, 1.165) is 48.9 Å². The molecule has 2 aliphatic heterocycles. The number of phenolic OH excluding ortho intramolecular Hbond substituents is 1. The number of carboxylic acids is 1. The van der Waals surface area contributed by atoms with E-state index in [9.17, 15) is 19.5 Å². The number of hydrazone groups is 1. The summed E-state index contributed by atoms with van der Waals surface area (Å²) in [5.74, 6) is -1.56. The van der Waals surface area contributed by atoms with Crippen LogP contribution in [-0.4, -0.2) is 82.3 Å². The van der Waals surface area contributed by atoms with Gasteiger partial charge in [0.2, 0.25) is 0 Å². The van der Waals surface area contributed by atoms with Crippen molar-refractivity contribution in [2.24, 2.45) is 5.10 Å². The number of piperidine rings is 1. The van der Waals surface area contributed by atoms with Crippen LogP contribution >= 0.6 is 0 Å². The van der Waals surface area contributed by atoms with E-state index in [1.54, 1.807) is 19.1 Å². The van der Waals surface area contributed by atoms with Crippen molar-refractivity contribution in [2.75, 3.05) is 43.0 Å². The number of carbonyl (C=O) groups excluding carboxylic acids is 2. The molecule has 3 N–H and O–H groups in total. The van der Waals surface area contributed by atoms with Crippen LogP contribution in [0.3, 0.4) is 0 Å². The third kappa shape index (κ3) is 6.50. The molecule has 5 rings (SSSR count). The number of carbonyl (C=O) groups is 3. The number of hydrogen-bond donors (Lipinski definition) is 3. The van der Waals surface area contributed by atoms with Crippen molar-refractivity contribution < 1.29 is 24.6 Å². The number of carboxylic acid groups (broad SMARTS) is 1. The Morgan fingerprint density at radius 3 is 2.37 bits per heavy atom. The quantitative estimate of drug-likeness (QED) is 0.212. The van der Waals surface area contributed by atoms with Crippen LogP contribution in [0.1, 0.15) is 62.1 Å². The number of rotatable bonds is 10. The van der Waals surface area contributed by atoms with Crippen molar-refractivity contribution in [1.82, 2.24) is 9.80 Å². The molecule has 2 aromatic rings. The first-order valence-corrected chi connectivity index (χ1v) is 15.1. The van der Waals surface area contributed by atoms with Gasteiger partial charge in [0, 0.05) is 18.2 Å². The summed E-state index contributed by atoms with van der Waals surface area (Å²) in [6, 6.07) is 11.4. The van der Waals surface area contributed by atoms with Gasteiger partial charge in [-0.05, 0) is 112 Å². The first-order valence-electron chi connectivity index (χ1n) is 15.1. The average Bonchev–Trinajstić information content (AvgIpc) is 3.81. The molecule has 0 bridgehead atoms. The van der Waals surface area contributed by atoms with Gasteiger partial charge < -0.3 is 10.2 Å². The van der Waals surface area contributed by atoms with Crippen molar-refractivity contribution in [3.05, 3.63) is 64.2 Å². The van der Waals surface area contributed by atoms with Crippen LogP contribution in [0.25, 0.3) is 0 Å². The number of anilines is 2. The van der Waals surface area contributed by atoms with Crippen LogP contribution in [0.5, 0.6) is 5.75 Å². The SMILES string of the molecule is CCN(CC1=C(C)/C(=N\Nc2cccc(C3CCN(CC(=O)O)CC3)c2O)C(=O)N(c2ccc(C)c(C)c2)C1=O)C1CC1. The first-order chi connectivity index (χ1) is 20.6. The molecule has 228 valence electrons. The molecule has 1 saturated heterocycles. The van der Waals surface area contributed by atoms with Gasteiger partial charge >= 0.3 is 5.97 Å². The van der Waals surface area contributed by atoms with Crippen LogP contribution < -0.4 is 10.3 Å². The van der Waals surface area contributed by atoms with Gasteiger partial charge in [0.1, 0.15) is 5.75 Å². The molecule has 0 unspecified atom stereocenters. The van der Waals surface area contributed by atoms with Gasteiger partial charge in [-0.2, -0.15) is 5.10 Å². The Morgan fingerprint density at radius 2 is 1.74 bits per heavy atom. The molecular weight excluding hydrogens is 546 g/mol. The minimum Gasteiger partial charge on any atom is -0.505 e. The second-order valence-corrected chi connectivity index (χ2v) is 11.9. The smallest absolute Gasteiger partial charge is 0.317 e. The lowest BCUT2D eigenvalue weighted by atomic mass is 9.88. The Labute approximate surface area is 252 Å². The average molecular weight is 588 g/mol. The third-order valence-corrected chi connectivity index (χ3v) is 9.00. The minimum absolute atomic E-state index is 0.0129. The summed E-state index contributed by atoms with van der Waals surface area (Å²) < 4.78 is 0. The van der Waals surface area contributed by atoms with Gasteiger partial charge in [0.05, 0.1) is 17.9 Å². The van der Waals surface area contributed by atoms with Gasteiger partial charge in [0.15, 0.2) is 5.71 Å². The Balaban J connectivity index is 1.45. The zero-order valence-corrected chi connectivity index (χ0v) is 25.4. The van der Waals surface area contributed by atoms with Crippen LogP contribution in [0.4, 0.5) is 11.4 Å². The fourth-order valence-electron chi connectivity index (χ4n) is 6.05. The summed E-state index contributed by atoms with van der Waals surface area (Å²) >= 11 is 0. The Morgan fingerprint density at radius 1 is 1.02 bits per heavy atom. The van der Waals surface area contributed by atoms with E-state index in [1.807, 2.05) is 43.0 Å². The molecule has 2 heterocycles. The van der Waals surface area contributed by atoms with Crippen LogP contribution in [0, 0.1) is 13.8 Å². The van der Waals surface area contributed by atoms with E-state index >= 15 is 0 Å². The molecule has 2 amide bonds. The molecule has 2 aromatic carbocycles. The number of nitrogens with one attached hydrogen (secondary N) is 1. The molecule has 43 heavy (non-hydrogen) atoms. The summed E-state index contributed by atoms with van der Waals surface area (Å²) in [5, 5.41) is 24.8. The molecule has 10 heteroatoms. The highest BCUT2D eigenvalue weighted by Crippen LogP contribution is 2.38. The van der Waals surface area contributed by atoms with E-state index in [4.69, 9.17) is 5.11 Å². The normalized spacial score (nSPS) is 19.6. The molecule has 0 aromatic heterocycles. The van der Waals surface area contributed by atoms with E-state index in [1.165, 1.54) is 4.90 Å². The van der Waals surface area contributed by atoms with Crippen molar-refractivity contribution in [1.29, 1.82) is 0 Å². The van der Waals surface area contributed by atoms with Crippen molar-refractivity contribution >= 4 is 34.9 Å². The molecule has 1 aliphatic carbocycles.